The molecule has 1 aliphatic rings. The van der Waals surface area contributed by atoms with Gasteiger partial charge in [-0.15, -0.1) is 0 Å². The highest BCUT2D eigenvalue weighted by Gasteiger charge is 2.23. The molecular formula is C21H23N3O2. The van der Waals surface area contributed by atoms with E-state index in [2.05, 4.69) is 26.6 Å². The number of morpholine rings is 1. The van der Waals surface area contributed by atoms with Crippen molar-refractivity contribution in [3.8, 4) is 11.4 Å². The predicted molar refractivity (Wildman–Crippen MR) is 100 cm³/mol. The highest BCUT2D eigenvalue weighted by molar-refractivity contribution is 5.35. The van der Waals surface area contributed by atoms with E-state index in [0.717, 1.165) is 36.7 Å². The SMILES string of the molecule is Cc1ncc(CN2CCO[C@H](c3cccc(O)c3)C2)n1-c1ccccc1. The molecule has 0 bridgehead atoms. The lowest BCUT2D eigenvalue weighted by atomic mass is 10.1. The summed E-state index contributed by atoms with van der Waals surface area (Å²) in [6.45, 7) is 5.20. The summed E-state index contributed by atoms with van der Waals surface area (Å²) < 4.78 is 8.14. The minimum absolute atomic E-state index is 0.0231. The molecule has 0 spiro atoms. The molecule has 0 unspecified atom stereocenters. The van der Waals surface area contributed by atoms with E-state index in [1.165, 1.54) is 5.69 Å². The first-order chi connectivity index (χ1) is 12.7. The van der Waals surface area contributed by atoms with Gasteiger partial charge in [0.2, 0.25) is 0 Å². The number of phenolic OH excluding ortho intramolecular Hbond substituents is 1. The molecule has 0 amide bonds. The van der Waals surface area contributed by atoms with E-state index in [1.54, 1.807) is 12.1 Å². The number of ether oxygens (including phenoxy) is 1. The Kier molecular flexibility index (Phi) is 4.73. The number of aromatic nitrogens is 2. The van der Waals surface area contributed by atoms with Gasteiger partial charge in [0, 0.05) is 25.3 Å². The van der Waals surface area contributed by atoms with Crippen molar-refractivity contribution in [1.82, 2.24) is 14.5 Å². The fraction of sp³-hybridized carbons (Fsp3) is 0.286. The molecular weight excluding hydrogens is 326 g/mol. The van der Waals surface area contributed by atoms with Crippen LogP contribution < -0.4 is 0 Å². The summed E-state index contributed by atoms with van der Waals surface area (Å²) in [6, 6.07) is 17.7. The first-order valence-electron chi connectivity index (χ1n) is 8.92. The van der Waals surface area contributed by atoms with Crippen LogP contribution in [-0.4, -0.2) is 39.3 Å². The number of rotatable bonds is 4. The van der Waals surface area contributed by atoms with Crippen LogP contribution in [-0.2, 0) is 11.3 Å². The summed E-state index contributed by atoms with van der Waals surface area (Å²) >= 11 is 0. The molecule has 1 aromatic heterocycles. The first-order valence-corrected chi connectivity index (χ1v) is 8.92. The molecule has 1 aliphatic heterocycles. The third kappa shape index (κ3) is 3.49. The Bertz CT molecular complexity index is 876. The quantitative estimate of drug-likeness (QED) is 0.784. The molecule has 2 heterocycles. The summed E-state index contributed by atoms with van der Waals surface area (Å²) in [5, 5.41) is 9.73. The molecule has 1 fully saturated rings. The fourth-order valence-electron chi connectivity index (χ4n) is 3.53. The van der Waals surface area contributed by atoms with Gasteiger partial charge in [0.1, 0.15) is 11.6 Å². The van der Waals surface area contributed by atoms with E-state index < -0.39 is 0 Å². The molecule has 134 valence electrons. The van der Waals surface area contributed by atoms with Crippen molar-refractivity contribution in [1.29, 1.82) is 0 Å². The number of aromatic hydroxyl groups is 1. The summed E-state index contributed by atoms with van der Waals surface area (Å²) in [5.74, 6) is 1.27. The zero-order valence-corrected chi connectivity index (χ0v) is 14.9. The van der Waals surface area contributed by atoms with Gasteiger partial charge in [-0.05, 0) is 36.8 Å². The van der Waals surface area contributed by atoms with Crippen molar-refractivity contribution in [2.24, 2.45) is 0 Å². The smallest absolute Gasteiger partial charge is 0.115 e. The number of imidazole rings is 1. The monoisotopic (exact) mass is 349 g/mol. The molecule has 1 atom stereocenters. The van der Waals surface area contributed by atoms with Gasteiger partial charge in [-0.3, -0.25) is 9.47 Å². The minimum atomic E-state index is -0.0231. The van der Waals surface area contributed by atoms with Crippen LogP contribution in [0.5, 0.6) is 5.75 Å². The number of hydrogen-bond donors (Lipinski definition) is 1. The van der Waals surface area contributed by atoms with Gasteiger partial charge >= 0.3 is 0 Å². The molecule has 0 radical (unpaired) electrons. The lowest BCUT2D eigenvalue weighted by Crippen LogP contribution is -2.38. The number of nitrogens with zero attached hydrogens (tertiary/aromatic N) is 3. The van der Waals surface area contributed by atoms with Crippen molar-refractivity contribution >= 4 is 0 Å². The van der Waals surface area contributed by atoms with Gasteiger partial charge in [0.15, 0.2) is 0 Å². The highest BCUT2D eigenvalue weighted by Crippen LogP contribution is 2.26. The van der Waals surface area contributed by atoms with E-state index in [1.807, 2.05) is 43.5 Å². The van der Waals surface area contributed by atoms with Crippen LogP contribution in [0.3, 0.4) is 0 Å². The van der Waals surface area contributed by atoms with E-state index in [9.17, 15) is 5.11 Å². The van der Waals surface area contributed by atoms with Crippen LogP contribution in [0.1, 0.15) is 23.2 Å². The summed E-state index contributed by atoms with van der Waals surface area (Å²) in [5.41, 5.74) is 3.32. The van der Waals surface area contributed by atoms with Crippen molar-refractivity contribution in [2.75, 3.05) is 19.7 Å². The van der Waals surface area contributed by atoms with Gasteiger partial charge in [0.05, 0.1) is 24.6 Å². The number of phenols is 1. The number of benzene rings is 2. The van der Waals surface area contributed by atoms with Gasteiger partial charge < -0.3 is 9.84 Å². The number of aryl methyl sites for hydroxylation is 1. The van der Waals surface area contributed by atoms with Gasteiger partial charge in [0.25, 0.3) is 0 Å². The van der Waals surface area contributed by atoms with Gasteiger partial charge in [-0.1, -0.05) is 30.3 Å². The van der Waals surface area contributed by atoms with Crippen LogP contribution in [0.2, 0.25) is 0 Å². The molecule has 4 rings (SSSR count). The highest BCUT2D eigenvalue weighted by atomic mass is 16.5. The van der Waals surface area contributed by atoms with Crippen LogP contribution >= 0.6 is 0 Å². The summed E-state index contributed by atoms with van der Waals surface area (Å²) in [7, 11) is 0. The van der Waals surface area contributed by atoms with Crippen molar-refractivity contribution in [2.45, 2.75) is 19.6 Å². The van der Waals surface area contributed by atoms with Crippen LogP contribution in [0.25, 0.3) is 5.69 Å². The fourth-order valence-corrected chi connectivity index (χ4v) is 3.53. The second-order valence-corrected chi connectivity index (χ2v) is 6.66. The Labute approximate surface area is 153 Å². The Balaban J connectivity index is 1.53. The lowest BCUT2D eigenvalue weighted by molar-refractivity contribution is -0.0335. The molecule has 1 saturated heterocycles. The van der Waals surface area contributed by atoms with Crippen LogP contribution in [0.4, 0.5) is 0 Å². The van der Waals surface area contributed by atoms with Gasteiger partial charge in [-0.25, -0.2) is 4.98 Å². The molecule has 5 heteroatoms. The van der Waals surface area contributed by atoms with Crippen LogP contribution in [0.15, 0.2) is 60.8 Å². The third-order valence-electron chi connectivity index (χ3n) is 4.80. The Hall–Kier alpha value is -2.63. The van der Waals surface area contributed by atoms with E-state index in [-0.39, 0.29) is 11.9 Å². The zero-order valence-electron chi connectivity index (χ0n) is 14.9. The number of para-hydroxylation sites is 1. The Morgan fingerprint density at radius 3 is 2.81 bits per heavy atom. The summed E-state index contributed by atoms with van der Waals surface area (Å²) in [4.78, 5) is 6.90. The molecule has 0 saturated carbocycles. The summed E-state index contributed by atoms with van der Waals surface area (Å²) in [6.07, 6.45) is 1.94. The maximum Gasteiger partial charge on any atom is 0.115 e. The normalized spacial score (nSPS) is 18.1. The predicted octanol–water partition coefficient (Wildman–Crippen LogP) is 3.46. The number of hydrogen-bond acceptors (Lipinski definition) is 4. The van der Waals surface area contributed by atoms with Crippen molar-refractivity contribution in [3.63, 3.8) is 0 Å². The molecule has 3 aromatic rings. The zero-order chi connectivity index (χ0) is 17.9. The Morgan fingerprint density at radius 2 is 2.00 bits per heavy atom. The standard InChI is InChI=1S/C21H23N3O2/c1-16-22-13-19(24(16)18-7-3-2-4-8-18)14-23-10-11-26-21(15-23)17-6-5-9-20(25)12-17/h2-9,12-13,21,25H,10-11,14-15H2,1H3/t21-/m0/s1. The molecule has 26 heavy (non-hydrogen) atoms. The van der Waals surface area contributed by atoms with Crippen LogP contribution in [0, 0.1) is 6.92 Å². The molecule has 5 nitrogen and oxygen atoms in total. The van der Waals surface area contributed by atoms with Crippen molar-refractivity contribution in [3.05, 3.63) is 77.9 Å². The van der Waals surface area contributed by atoms with E-state index in [4.69, 9.17) is 4.74 Å². The average Bonchev–Trinajstić information content (AvgIpc) is 3.03. The Morgan fingerprint density at radius 1 is 1.15 bits per heavy atom. The largest absolute Gasteiger partial charge is 0.508 e. The second-order valence-electron chi connectivity index (χ2n) is 6.66. The molecule has 2 aromatic carbocycles. The van der Waals surface area contributed by atoms with E-state index in [0.29, 0.717) is 6.61 Å². The van der Waals surface area contributed by atoms with Gasteiger partial charge in [-0.2, -0.15) is 0 Å². The van der Waals surface area contributed by atoms with E-state index >= 15 is 0 Å². The average molecular weight is 349 g/mol. The maximum atomic E-state index is 9.73. The maximum absolute atomic E-state index is 9.73. The molecule has 0 aliphatic carbocycles. The second kappa shape index (κ2) is 7.32. The first kappa shape index (κ1) is 16.8. The minimum Gasteiger partial charge on any atom is -0.508 e. The van der Waals surface area contributed by atoms with Crippen molar-refractivity contribution < 1.29 is 9.84 Å². The lowest BCUT2D eigenvalue weighted by Gasteiger charge is -2.33. The molecule has 1 N–H and O–H groups in total. The third-order valence-corrected chi connectivity index (χ3v) is 4.80. The topological polar surface area (TPSA) is 50.5 Å².